The molecule has 0 spiro atoms. The highest BCUT2D eigenvalue weighted by Gasteiger charge is 2.24. The zero-order valence-corrected chi connectivity index (χ0v) is 10.7. The fourth-order valence-electron chi connectivity index (χ4n) is 1.91. The Morgan fingerprint density at radius 2 is 2.17 bits per heavy atom. The Hall–Kier alpha value is -1.91. The van der Waals surface area contributed by atoms with Gasteiger partial charge < -0.3 is 4.90 Å². The fourth-order valence-corrected chi connectivity index (χ4v) is 1.91. The highest BCUT2D eigenvalue weighted by Crippen LogP contribution is 2.33. The summed E-state index contributed by atoms with van der Waals surface area (Å²) in [5, 5.41) is 8.36. The molecule has 0 N–H and O–H groups in total. The smallest absolute Gasteiger partial charge is 0.127 e. The lowest BCUT2D eigenvalue weighted by molar-refractivity contribution is 0.610. The second kappa shape index (κ2) is 4.40. The van der Waals surface area contributed by atoms with Gasteiger partial charge in [-0.1, -0.05) is 11.3 Å². The molecule has 2 aromatic heterocycles. The van der Waals surface area contributed by atoms with E-state index in [9.17, 15) is 0 Å². The first-order valence-corrected chi connectivity index (χ1v) is 6.25. The summed E-state index contributed by atoms with van der Waals surface area (Å²) in [4.78, 5) is 6.39. The normalized spacial score (nSPS) is 14.8. The summed E-state index contributed by atoms with van der Waals surface area (Å²) in [5.74, 6) is 0.973. The Kier molecular flexibility index (Phi) is 2.74. The number of pyridine rings is 1. The molecule has 1 fully saturated rings. The van der Waals surface area contributed by atoms with Crippen LogP contribution in [0.4, 0.5) is 5.82 Å². The van der Waals surface area contributed by atoms with Crippen molar-refractivity contribution >= 4 is 5.82 Å². The maximum absolute atomic E-state index is 4.40. The summed E-state index contributed by atoms with van der Waals surface area (Å²) in [5.41, 5.74) is 2.18. The molecule has 0 atom stereocenters. The van der Waals surface area contributed by atoms with Crippen LogP contribution < -0.4 is 4.90 Å². The average molecular weight is 243 g/mol. The van der Waals surface area contributed by atoms with Gasteiger partial charge in [0.25, 0.3) is 0 Å². The molecular formula is C13H17N5. The van der Waals surface area contributed by atoms with Crippen molar-refractivity contribution in [2.24, 2.45) is 0 Å². The predicted molar refractivity (Wildman–Crippen MR) is 69.7 cm³/mol. The Balaban J connectivity index is 1.70. The van der Waals surface area contributed by atoms with Crippen molar-refractivity contribution in [3.8, 4) is 0 Å². The molecule has 0 aromatic carbocycles. The van der Waals surface area contributed by atoms with Gasteiger partial charge in [-0.05, 0) is 24.5 Å². The van der Waals surface area contributed by atoms with Crippen molar-refractivity contribution in [1.29, 1.82) is 0 Å². The van der Waals surface area contributed by atoms with Gasteiger partial charge in [-0.3, -0.25) is 0 Å². The van der Waals surface area contributed by atoms with E-state index in [4.69, 9.17) is 0 Å². The van der Waals surface area contributed by atoms with E-state index in [1.54, 1.807) is 0 Å². The molecule has 0 saturated heterocycles. The second-order valence-electron chi connectivity index (χ2n) is 5.02. The van der Waals surface area contributed by atoms with Gasteiger partial charge in [-0.2, -0.15) is 0 Å². The summed E-state index contributed by atoms with van der Waals surface area (Å²) in [6.07, 6.45) is 7.24. The van der Waals surface area contributed by atoms with Crippen LogP contribution in [-0.4, -0.2) is 34.1 Å². The van der Waals surface area contributed by atoms with Crippen LogP contribution in [0.2, 0.25) is 0 Å². The van der Waals surface area contributed by atoms with Crippen LogP contribution in [0, 0.1) is 0 Å². The van der Waals surface area contributed by atoms with Crippen LogP contribution in [0.3, 0.4) is 0 Å². The van der Waals surface area contributed by atoms with Gasteiger partial charge in [0.15, 0.2) is 0 Å². The molecule has 1 aliphatic rings. The number of rotatable bonds is 4. The van der Waals surface area contributed by atoms with Crippen LogP contribution in [-0.2, 0) is 6.42 Å². The van der Waals surface area contributed by atoms with Crippen molar-refractivity contribution in [3.05, 3.63) is 35.8 Å². The lowest BCUT2D eigenvalue weighted by atomic mass is 10.2. The quantitative estimate of drug-likeness (QED) is 0.819. The molecule has 2 heterocycles. The van der Waals surface area contributed by atoms with Crippen LogP contribution in [0.5, 0.6) is 0 Å². The highest BCUT2D eigenvalue weighted by atomic mass is 15.4. The zero-order chi connectivity index (χ0) is 12.5. The minimum absolute atomic E-state index is 0.598. The minimum Gasteiger partial charge on any atom is -0.363 e. The van der Waals surface area contributed by atoms with E-state index in [0.717, 1.165) is 17.9 Å². The van der Waals surface area contributed by atoms with Crippen LogP contribution >= 0.6 is 0 Å². The van der Waals surface area contributed by atoms with Crippen LogP contribution in [0.25, 0.3) is 0 Å². The Morgan fingerprint density at radius 3 is 2.78 bits per heavy atom. The van der Waals surface area contributed by atoms with E-state index in [1.807, 2.05) is 35.9 Å². The Bertz CT molecular complexity index is 525. The summed E-state index contributed by atoms with van der Waals surface area (Å²) in [6.45, 7) is 0. The van der Waals surface area contributed by atoms with Crippen LogP contribution in [0.15, 0.2) is 24.5 Å². The fraction of sp³-hybridized carbons (Fsp3) is 0.462. The standard InChI is InChI=1S/C13H17N5/c1-17(2)13-6-3-10(8-14-13)7-11-9-18(16-15-11)12-4-5-12/h3,6,8-9,12H,4-5,7H2,1-2H3. The van der Waals surface area contributed by atoms with E-state index in [2.05, 4.69) is 27.6 Å². The highest BCUT2D eigenvalue weighted by molar-refractivity contribution is 5.37. The summed E-state index contributed by atoms with van der Waals surface area (Å²) in [7, 11) is 3.98. The van der Waals surface area contributed by atoms with E-state index >= 15 is 0 Å². The van der Waals surface area contributed by atoms with Crippen molar-refractivity contribution in [2.45, 2.75) is 25.3 Å². The molecule has 2 aromatic rings. The monoisotopic (exact) mass is 243 g/mol. The third kappa shape index (κ3) is 2.34. The molecule has 0 aliphatic heterocycles. The predicted octanol–water partition coefficient (Wildman–Crippen LogP) is 1.66. The van der Waals surface area contributed by atoms with Gasteiger partial charge in [-0.15, -0.1) is 5.10 Å². The van der Waals surface area contributed by atoms with Crippen molar-refractivity contribution in [1.82, 2.24) is 20.0 Å². The molecule has 3 rings (SSSR count). The summed E-state index contributed by atoms with van der Waals surface area (Å²) < 4.78 is 1.98. The van der Waals surface area contributed by atoms with Gasteiger partial charge in [-0.25, -0.2) is 9.67 Å². The third-order valence-corrected chi connectivity index (χ3v) is 3.13. The Labute approximate surface area is 106 Å². The molecule has 5 nitrogen and oxygen atoms in total. The van der Waals surface area contributed by atoms with Crippen molar-refractivity contribution < 1.29 is 0 Å². The lowest BCUT2D eigenvalue weighted by Crippen LogP contribution is -2.10. The van der Waals surface area contributed by atoms with Crippen LogP contribution in [0.1, 0.15) is 30.1 Å². The average Bonchev–Trinajstić information content (AvgIpc) is 3.11. The molecule has 1 aliphatic carbocycles. The molecule has 0 unspecified atom stereocenters. The van der Waals surface area contributed by atoms with Gasteiger partial charge >= 0.3 is 0 Å². The molecule has 5 heteroatoms. The van der Waals surface area contributed by atoms with Crippen molar-refractivity contribution in [3.63, 3.8) is 0 Å². The van der Waals surface area contributed by atoms with E-state index in [-0.39, 0.29) is 0 Å². The zero-order valence-electron chi connectivity index (χ0n) is 10.7. The molecule has 0 bridgehead atoms. The minimum atomic E-state index is 0.598. The maximum atomic E-state index is 4.40. The number of hydrogen-bond acceptors (Lipinski definition) is 4. The van der Waals surface area contributed by atoms with Gasteiger partial charge in [0.05, 0.1) is 11.7 Å². The number of aromatic nitrogens is 4. The summed E-state index contributed by atoms with van der Waals surface area (Å²) >= 11 is 0. The molecular weight excluding hydrogens is 226 g/mol. The topological polar surface area (TPSA) is 46.8 Å². The van der Waals surface area contributed by atoms with E-state index in [1.165, 1.54) is 18.4 Å². The Morgan fingerprint density at radius 1 is 1.33 bits per heavy atom. The number of nitrogens with zero attached hydrogens (tertiary/aromatic N) is 5. The van der Waals surface area contributed by atoms with Gasteiger partial charge in [0.2, 0.25) is 0 Å². The second-order valence-corrected chi connectivity index (χ2v) is 5.02. The van der Waals surface area contributed by atoms with Gasteiger partial charge in [0, 0.05) is 32.9 Å². The van der Waals surface area contributed by atoms with Gasteiger partial charge in [0.1, 0.15) is 5.82 Å². The SMILES string of the molecule is CN(C)c1ccc(Cc2cn(C3CC3)nn2)cn1. The third-order valence-electron chi connectivity index (χ3n) is 3.13. The van der Waals surface area contributed by atoms with Crippen molar-refractivity contribution in [2.75, 3.05) is 19.0 Å². The first-order valence-electron chi connectivity index (χ1n) is 6.25. The first-order chi connectivity index (χ1) is 8.72. The number of anilines is 1. The molecule has 1 saturated carbocycles. The summed E-state index contributed by atoms with van der Waals surface area (Å²) in [6, 6.07) is 4.72. The molecule has 18 heavy (non-hydrogen) atoms. The molecule has 0 radical (unpaired) electrons. The maximum Gasteiger partial charge on any atom is 0.127 e. The largest absolute Gasteiger partial charge is 0.363 e. The number of hydrogen-bond donors (Lipinski definition) is 0. The first kappa shape index (κ1) is 11.2. The van der Waals surface area contributed by atoms with E-state index < -0.39 is 0 Å². The molecule has 0 amide bonds. The lowest BCUT2D eigenvalue weighted by Gasteiger charge is -2.10. The van der Waals surface area contributed by atoms with E-state index in [0.29, 0.717) is 6.04 Å². The molecule has 94 valence electrons.